The summed E-state index contributed by atoms with van der Waals surface area (Å²) < 4.78 is 26.1. The van der Waals surface area contributed by atoms with Gasteiger partial charge in [0.25, 0.3) is 0 Å². The monoisotopic (exact) mass is 410 g/mol. The Morgan fingerprint density at radius 1 is 1.00 bits per heavy atom. The van der Waals surface area contributed by atoms with Gasteiger partial charge in [0.1, 0.15) is 6.04 Å². The summed E-state index contributed by atoms with van der Waals surface area (Å²) in [6.45, 7) is 5.82. The number of carbonyl (C=O) groups excluding carboxylic acids is 1. The Morgan fingerprint density at radius 3 is 2.38 bits per heavy atom. The van der Waals surface area contributed by atoms with Gasteiger partial charge in [0.15, 0.2) is 0 Å². The molecule has 0 radical (unpaired) electrons. The zero-order valence-electron chi connectivity index (χ0n) is 17.1. The number of hydrogen-bond donors (Lipinski definition) is 1. The van der Waals surface area contributed by atoms with Crippen molar-refractivity contribution < 1.29 is 13.2 Å². The van der Waals surface area contributed by atoms with Gasteiger partial charge in [-0.25, -0.2) is 8.42 Å². The number of hydrogen-bond acceptors (Lipinski definition) is 3. The molecule has 0 bridgehead atoms. The summed E-state index contributed by atoms with van der Waals surface area (Å²) in [6.07, 6.45) is 1.12. The highest BCUT2D eigenvalue weighted by Crippen LogP contribution is 2.24. The highest BCUT2D eigenvalue weighted by molar-refractivity contribution is 7.92. The molecule has 152 valence electrons. The molecule has 1 amide bonds. The second-order valence-corrected chi connectivity index (χ2v) is 9.22. The minimum Gasteiger partial charge on any atom is -0.350 e. The lowest BCUT2D eigenvalue weighted by Crippen LogP contribution is -2.47. The van der Waals surface area contributed by atoms with Crippen LogP contribution in [0.5, 0.6) is 0 Å². The molecule has 1 atom stereocenters. The van der Waals surface area contributed by atoms with Crippen LogP contribution >= 0.6 is 0 Å². The van der Waals surface area contributed by atoms with Gasteiger partial charge in [-0.15, -0.1) is 0 Å². The van der Waals surface area contributed by atoms with Crippen LogP contribution in [0.1, 0.15) is 23.6 Å². The normalized spacial score (nSPS) is 12.6. The van der Waals surface area contributed by atoms with Crippen LogP contribution in [0.15, 0.2) is 60.7 Å². The van der Waals surface area contributed by atoms with Crippen LogP contribution in [0.25, 0.3) is 10.8 Å². The Morgan fingerprint density at radius 2 is 1.69 bits per heavy atom. The number of nitrogens with one attached hydrogen (secondary N) is 1. The van der Waals surface area contributed by atoms with E-state index in [1.807, 2.05) is 62.4 Å². The Balaban J connectivity index is 1.83. The molecular weight excluding hydrogens is 384 g/mol. The Labute approximate surface area is 172 Å². The highest BCUT2D eigenvalue weighted by atomic mass is 32.2. The Hall–Kier alpha value is -2.86. The summed E-state index contributed by atoms with van der Waals surface area (Å²) >= 11 is 0. The molecule has 0 aliphatic rings. The fourth-order valence-electron chi connectivity index (χ4n) is 3.45. The van der Waals surface area contributed by atoms with Crippen LogP contribution in [0.3, 0.4) is 0 Å². The number of benzene rings is 3. The first-order valence-electron chi connectivity index (χ1n) is 9.49. The van der Waals surface area contributed by atoms with Crippen molar-refractivity contribution in [2.24, 2.45) is 0 Å². The largest absolute Gasteiger partial charge is 0.350 e. The molecule has 3 aromatic rings. The third-order valence-corrected chi connectivity index (χ3v) is 6.41. The van der Waals surface area contributed by atoms with Crippen molar-refractivity contribution in [2.45, 2.75) is 33.4 Å². The number of aryl methyl sites for hydroxylation is 2. The molecule has 0 fully saturated rings. The van der Waals surface area contributed by atoms with E-state index < -0.39 is 16.1 Å². The zero-order valence-corrected chi connectivity index (χ0v) is 18.0. The van der Waals surface area contributed by atoms with Crippen LogP contribution in [-0.2, 0) is 21.4 Å². The zero-order chi connectivity index (χ0) is 21.2. The van der Waals surface area contributed by atoms with Gasteiger partial charge < -0.3 is 5.32 Å². The van der Waals surface area contributed by atoms with Gasteiger partial charge in [0, 0.05) is 6.54 Å². The smallest absolute Gasteiger partial charge is 0.243 e. The lowest BCUT2D eigenvalue weighted by molar-refractivity contribution is -0.122. The van der Waals surface area contributed by atoms with E-state index in [2.05, 4.69) is 5.32 Å². The van der Waals surface area contributed by atoms with E-state index in [9.17, 15) is 13.2 Å². The number of fused-ring (bicyclic) bond motifs is 1. The first kappa shape index (κ1) is 20.9. The van der Waals surface area contributed by atoms with Gasteiger partial charge in [0.05, 0.1) is 11.9 Å². The number of sulfonamides is 1. The number of rotatable bonds is 6. The lowest BCUT2D eigenvalue weighted by atomic mass is 10.0. The molecule has 0 unspecified atom stereocenters. The summed E-state index contributed by atoms with van der Waals surface area (Å²) in [5.74, 6) is -0.346. The summed E-state index contributed by atoms with van der Waals surface area (Å²) in [5, 5.41) is 5.06. The van der Waals surface area contributed by atoms with Crippen molar-refractivity contribution in [3.05, 3.63) is 77.4 Å². The van der Waals surface area contributed by atoms with Crippen LogP contribution < -0.4 is 9.62 Å². The maximum absolute atomic E-state index is 12.8. The SMILES string of the molecule is Cc1ccc(N([C@H](C)C(=O)NCc2cccc3ccccc23)S(C)(=O)=O)cc1C. The molecule has 0 aliphatic carbocycles. The van der Waals surface area contributed by atoms with Gasteiger partial charge in [-0.1, -0.05) is 48.5 Å². The third-order valence-electron chi connectivity index (χ3n) is 5.17. The second-order valence-electron chi connectivity index (χ2n) is 7.36. The third kappa shape index (κ3) is 4.59. The minimum atomic E-state index is -3.64. The van der Waals surface area contributed by atoms with Crippen LogP contribution in [0.4, 0.5) is 5.69 Å². The molecule has 29 heavy (non-hydrogen) atoms. The summed E-state index contributed by atoms with van der Waals surface area (Å²) in [4.78, 5) is 12.8. The molecule has 3 rings (SSSR count). The van der Waals surface area contributed by atoms with Crippen molar-refractivity contribution in [2.75, 3.05) is 10.6 Å². The van der Waals surface area contributed by atoms with Crippen molar-refractivity contribution >= 4 is 32.4 Å². The molecule has 3 aromatic carbocycles. The first-order chi connectivity index (χ1) is 13.7. The van der Waals surface area contributed by atoms with E-state index >= 15 is 0 Å². The standard InChI is InChI=1S/C23H26N2O3S/c1-16-12-13-21(14-17(16)2)25(29(4,27)28)18(3)23(26)24-15-20-10-7-9-19-8-5-6-11-22(19)20/h5-14,18H,15H2,1-4H3,(H,24,26)/t18-/m1/s1. The number of amides is 1. The van der Waals surface area contributed by atoms with Crippen molar-refractivity contribution in [3.8, 4) is 0 Å². The number of carbonyl (C=O) groups is 1. The Bertz CT molecular complexity index is 1150. The molecule has 0 saturated carbocycles. The average molecular weight is 411 g/mol. The molecule has 0 saturated heterocycles. The predicted molar refractivity (Wildman–Crippen MR) is 118 cm³/mol. The number of nitrogens with zero attached hydrogens (tertiary/aromatic N) is 1. The van der Waals surface area contributed by atoms with Gasteiger partial charge in [-0.2, -0.15) is 0 Å². The van der Waals surface area contributed by atoms with E-state index in [1.165, 1.54) is 4.31 Å². The van der Waals surface area contributed by atoms with Gasteiger partial charge >= 0.3 is 0 Å². The molecule has 1 N–H and O–H groups in total. The van der Waals surface area contributed by atoms with Gasteiger partial charge in [0.2, 0.25) is 15.9 Å². The van der Waals surface area contributed by atoms with Crippen molar-refractivity contribution in [1.29, 1.82) is 0 Å². The predicted octanol–water partition coefficient (Wildman–Crippen LogP) is 3.93. The van der Waals surface area contributed by atoms with Crippen LogP contribution in [0.2, 0.25) is 0 Å². The summed E-state index contributed by atoms with van der Waals surface area (Å²) in [5.41, 5.74) is 3.51. The van der Waals surface area contributed by atoms with E-state index in [4.69, 9.17) is 0 Å². The molecule has 0 aromatic heterocycles. The molecule has 0 spiro atoms. The van der Waals surface area contributed by atoms with E-state index in [0.717, 1.165) is 33.7 Å². The van der Waals surface area contributed by atoms with E-state index in [-0.39, 0.29) is 5.91 Å². The topological polar surface area (TPSA) is 66.5 Å². The highest BCUT2D eigenvalue weighted by Gasteiger charge is 2.29. The van der Waals surface area contributed by atoms with E-state index in [1.54, 1.807) is 19.1 Å². The maximum atomic E-state index is 12.8. The molecule has 6 heteroatoms. The Kier molecular flexibility index (Phi) is 5.94. The molecule has 0 aliphatic heterocycles. The fraction of sp³-hybridized carbons (Fsp3) is 0.261. The molecule has 0 heterocycles. The van der Waals surface area contributed by atoms with E-state index in [0.29, 0.717) is 12.2 Å². The second kappa shape index (κ2) is 8.25. The summed E-state index contributed by atoms with van der Waals surface area (Å²) in [7, 11) is -3.64. The van der Waals surface area contributed by atoms with Crippen LogP contribution in [0, 0.1) is 13.8 Å². The van der Waals surface area contributed by atoms with Crippen LogP contribution in [-0.4, -0.2) is 26.6 Å². The average Bonchev–Trinajstić information content (AvgIpc) is 2.67. The van der Waals surface area contributed by atoms with Gasteiger partial charge in [-0.05, 0) is 60.4 Å². The molecule has 5 nitrogen and oxygen atoms in total. The van der Waals surface area contributed by atoms with Gasteiger partial charge in [-0.3, -0.25) is 9.10 Å². The number of anilines is 1. The van der Waals surface area contributed by atoms with Crippen molar-refractivity contribution in [3.63, 3.8) is 0 Å². The maximum Gasteiger partial charge on any atom is 0.243 e. The minimum absolute atomic E-state index is 0.328. The van der Waals surface area contributed by atoms with Crippen molar-refractivity contribution in [1.82, 2.24) is 5.32 Å². The fourth-order valence-corrected chi connectivity index (χ4v) is 4.61. The lowest BCUT2D eigenvalue weighted by Gasteiger charge is -2.28. The molecular formula is C23H26N2O3S. The quantitative estimate of drug-likeness (QED) is 0.670. The first-order valence-corrected chi connectivity index (χ1v) is 11.3. The summed E-state index contributed by atoms with van der Waals surface area (Å²) in [6, 6.07) is 18.4.